The zero-order valence-electron chi connectivity index (χ0n) is 23.4. The first-order chi connectivity index (χ1) is 20.6. The predicted molar refractivity (Wildman–Crippen MR) is 160 cm³/mol. The third-order valence-electron chi connectivity index (χ3n) is 7.58. The Kier molecular flexibility index (Phi) is 8.70. The lowest BCUT2D eigenvalue weighted by atomic mass is 9.90. The van der Waals surface area contributed by atoms with E-state index in [4.69, 9.17) is 9.90 Å². The lowest BCUT2D eigenvalue weighted by Gasteiger charge is -2.38. The van der Waals surface area contributed by atoms with E-state index in [2.05, 4.69) is 21.3 Å². The van der Waals surface area contributed by atoms with Gasteiger partial charge in [0.2, 0.25) is 0 Å². The van der Waals surface area contributed by atoms with Crippen LogP contribution < -0.4 is 21.5 Å². The summed E-state index contributed by atoms with van der Waals surface area (Å²) in [5.74, 6) is -3.10. The minimum atomic E-state index is -3.10. The van der Waals surface area contributed by atoms with Gasteiger partial charge in [-0.15, -0.1) is 11.3 Å². The predicted octanol–water partition coefficient (Wildman–Crippen LogP) is 3.68. The van der Waals surface area contributed by atoms with Crippen LogP contribution in [0.25, 0.3) is 21.3 Å². The molecule has 3 aromatic heterocycles. The van der Waals surface area contributed by atoms with Gasteiger partial charge in [0, 0.05) is 66.2 Å². The van der Waals surface area contributed by atoms with E-state index >= 15 is 0 Å². The van der Waals surface area contributed by atoms with Crippen molar-refractivity contribution in [2.75, 3.05) is 24.5 Å². The van der Waals surface area contributed by atoms with Crippen LogP contribution in [-0.2, 0) is 24.3 Å². The molecule has 10 nitrogen and oxygen atoms in total. The highest BCUT2D eigenvalue weighted by Gasteiger charge is 2.30. The summed E-state index contributed by atoms with van der Waals surface area (Å²) in [6, 6.07) is 11.6. The number of thiophene rings is 1. The Morgan fingerprint density at radius 1 is 1.26 bits per heavy atom. The summed E-state index contributed by atoms with van der Waals surface area (Å²) in [7, 11) is 0. The number of nitrogens with zero attached hydrogens (tertiary/aromatic N) is 5. The zero-order chi connectivity index (χ0) is 30.7. The Morgan fingerprint density at radius 2 is 2.05 bits per heavy atom. The fourth-order valence-corrected chi connectivity index (χ4v) is 7.00. The molecule has 224 valence electrons. The van der Waals surface area contributed by atoms with E-state index in [1.54, 1.807) is 6.20 Å². The number of hydrogen-bond acceptors (Lipinski definition) is 8. The molecule has 1 aromatic carbocycles. The van der Waals surface area contributed by atoms with Crippen LogP contribution in [0.2, 0.25) is 0 Å². The lowest BCUT2D eigenvalue weighted by Crippen LogP contribution is -2.41. The molecular weight excluding hydrogens is 578 g/mol. The van der Waals surface area contributed by atoms with Gasteiger partial charge in [0.15, 0.2) is 0 Å². The van der Waals surface area contributed by atoms with Gasteiger partial charge in [-0.25, -0.2) is 13.6 Å². The molecule has 2 N–H and O–H groups in total. The van der Waals surface area contributed by atoms with Gasteiger partial charge < -0.3 is 15.3 Å². The Labute approximate surface area is 249 Å². The molecule has 0 bridgehead atoms. The molecule has 0 spiro atoms. The van der Waals surface area contributed by atoms with Gasteiger partial charge in [0.05, 0.1) is 34.9 Å². The number of aromatic nitrogens is 3. The maximum Gasteiger partial charge on any atom is 0.331 e. The van der Waals surface area contributed by atoms with E-state index in [9.17, 15) is 23.6 Å². The van der Waals surface area contributed by atoms with Crippen LogP contribution in [0.3, 0.4) is 0 Å². The van der Waals surface area contributed by atoms with Gasteiger partial charge in [-0.1, -0.05) is 0 Å². The van der Waals surface area contributed by atoms with Crippen molar-refractivity contribution in [3.05, 3.63) is 79.6 Å². The number of halogens is 2. The highest BCUT2D eigenvalue weighted by molar-refractivity contribution is 7.19. The molecule has 0 aliphatic carbocycles. The average Bonchev–Trinajstić information content (AvgIpc) is 3.66. The maximum absolute atomic E-state index is 13.6. The average molecular weight is 609 g/mol. The molecule has 2 aliphatic rings. The summed E-state index contributed by atoms with van der Waals surface area (Å²) in [4.78, 5) is 41.6. The van der Waals surface area contributed by atoms with Crippen molar-refractivity contribution >= 4 is 33.7 Å². The molecule has 13 heteroatoms. The lowest BCUT2D eigenvalue weighted by molar-refractivity contribution is -0.122. The van der Waals surface area contributed by atoms with E-state index in [0.717, 1.165) is 94.3 Å². The van der Waals surface area contributed by atoms with Crippen molar-refractivity contribution in [1.82, 2.24) is 19.4 Å². The van der Waals surface area contributed by atoms with Gasteiger partial charge in [0.1, 0.15) is 0 Å². The minimum Gasteiger partial charge on any atom is -0.483 e. The first-order valence-corrected chi connectivity index (χ1v) is 14.6. The van der Waals surface area contributed by atoms with E-state index in [-0.39, 0.29) is 13.0 Å². The van der Waals surface area contributed by atoms with Gasteiger partial charge >= 0.3 is 5.69 Å². The van der Waals surface area contributed by atoms with Crippen molar-refractivity contribution in [1.29, 1.82) is 5.26 Å². The monoisotopic (exact) mass is 608 g/mol. The zero-order valence-corrected chi connectivity index (χ0v) is 24.2. The SMILES string of the molecule is CC(F)(F)Cn1ccc(=O)n(Cc2cc3nccc(-c4cc(C#N)cc5c4N(C4CCNC4)CCC5)c3s2)c1=O.O=CO. The Hall–Kier alpha value is -4.41. The third kappa shape index (κ3) is 6.35. The second-order valence-electron chi connectivity index (χ2n) is 10.7. The molecule has 43 heavy (non-hydrogen) atoms. The topological polar surface area (TPSA) is 133 Å². The molecular formula is C30H30F2N6O4S. The number of carbonyl (C=O) groups is 1. The third-order valence-corrected chi connectivity index (χ3v) is 8.72. The quantitative estimate of drug-likeness (QED) is 0.317. The van der Waals surface area contributed by atoms with Crippen LogP contribution >= 0.6 is 11.3 Å². The summed E-state index contributed by atoms with van der Waals surface area (Å²) in [6.45, 7) is 2.47. The van der Waals surface area contributed by atoms with Crippen LogP contribution in [0.4, 0.5) is 14.5 Å². The molecule has 0 radical (unpaired) electrons. The number of benzene rings is 1. The summed E-state index contributed by atoms with van der Waals surface area (Å²) >= 11 is 1.42. The number of alkyl halides is 2. The molecule has 1 atom stereocenters. The fraction of sp³-hybridized carbons (Fsp3) is 0.367. The molecule has 0 saturated carbocycles. The van der Waals surface area contributed by atoms with E-state index < -0.39 is 23.7 Å². The summed E-state index contributed by atoms with van der Waals surface area (Å²) < 4.78 is 29.9. The Bertz CT molecular complexity index is 1810. The van der Waals surface area contributed by atoms with Gasteiger partial charge in [-0.3, -0.25) is 23.7 Å². The number of aryl methyl sites for hydroxylation is 1. The molecule has 0 amide bonds. The Morgan fingerprint density at radius 3 is 2.74 bits per heavy atom. The van der Waals surface area contributed by atoms with E-state index in [0.29, 0.717) is 22.0 Å². The van der Waals surface area contributed by atoms with Gasteiger partial charge in [0.25, 0.3) is 18.0 Å². The van der Waals surface area contributed by atoms with Crippen LogP contribution in [-0.4, -0.2) is 57.3 Å². The standard InChI is InChI=1S/C29H28F2N6O2S.CH2O2/c1-29(30,31)17-35-10-6-25(38)37(28(35)39)16-21-13-24-27(40-21)22(5-8-34-24)23-12-18(14-32)11-19-3-2-9-36(26(19)23)20-4-7-33-15-20;2-1-3/h5-6,8,10-13,20,33H,2-4,7,9,15-17H2,1H3;1H,(H,2,3). The van der Waals surface area contributed by atoms with Crippen molar-refractivity contribution in [3.8, 4) is 17.2 Å². The van der Waals surface area contributed by atoms with Gasteiger partial charge in [-0.2, -0.15) is 5.26 Å². The highest BCUT2D eigenvalue weighted by atomic mass is 32.1. The largest absolute Gasteiger partial charge is 0.483 e. The fourth-order valence-electron chi connectivity index (χ4n) is 5.87. The van der Waals surface area contributed by atoms with Crippen molar-refractivity contribution in [2.45, 2.75) is 51.2 Å². The van der Waals surface area contributed by atoms with Crippen LogP contribution in [0, 0.1) is 11.3 Å². The van der Waals surface area contributed by atoms with E-state index in [1.165, 1.54) is 11.3 Å². The van der Waals surface area contributed by atoms with Crippen molar-refractivity contribution in [3.63, 3.8) is 0 Å². The number of nitriles is 1. The first kappa shape index (κ1) is 30.1. The molecule has 1 fully saturated rings. The molecule has 6 rings (SSSR count). The number of carboxylic acid groups (broad SMARTS) is 1. The molecule has 5 heterocycles. The summed E-state index contributed by atoms with van der Waals surface area (Å²) in [5, 5.41) is 20.2. The van der Waals surface area contributed by atoms with Crippen molar-refractivity contribution < 1.29 is 18.7 Å². The number of pyridine rings is 1. The summed E-state index contributed by atoms with van der Waals surface area (Å²) in [6.07, 6.45) is 5.83. The second kappa shape index (κ2) is 12.4. The molecule has 4 aromatic rings. The van der Waals surface area contributed by atoms with Gasteiger partial charge in [-0.05, 0) is 55.6 Å². The molecule has 2 aliphatic heterocycles. The number of hydrogen-bond donors (Lipinski definition) is 2. The van der Waals surface area contributed by atoms with Crippen molar-refractivity contribution in [2.24, 2.45) is 0 Å². The minimum absolute atomic E-state index is 0.0511. The summed E-state index contributed by atoms with van der Waals surface area (Å²) in [5.41, 5.74) is 4.22. The number of fused-ring (bicyclic) bond motifs is 2. The van der Waals surface area contributed by atoms with Crippen LogP contribution in [0.1, 0.15) is 35.8 Å². The first-order valence-electron chi connectivity index (χ1n) is 13.8. The molecule has 1 unspecified atom stereocenters. The highest BCUT2D eigenvalue weighted by Crippen LogP contribution is 2.43. The van der Waals surface area contributed by atoms with E-state index in [1.807, 2.05) is 24.3 Å². The number of rotatable bonds is 6. The molecule has 1 saturated heterocycles. The number of nitrogens with one attached hydrogen (secondary N) is 1. The normalized spacial score (nSPS) is 16.3. The second-order valence-corrected chi connectivity index (χ2v) is 11.8. The maximum atomic E-state index is 13.6. The number of anilines is 1. The van der Waals surface area contributed by atoms with Crippen LogP contribution in [0.5, 0.6) is 0 Å². The van der Waals surface area contributed by atoms with Crippen LogP contribution in [0.15, 0.2) is 52.3 Å². The Balaban J connectivity index is 0.00000118. The smallest absolute Gasteiger partial charge is 0.331 e.